The zero-order chi connectivity index (χ0) is 23.9. The average molecular weight is 451 g/mol. The van der Waals surface area contributed by atoms with Gasteiger partial charge in [-0.2, -0.15) is 0 Å². The SMILES string of the molecule is CCN1Cc2c(ccnc2N[C@@H](C)c2cc(F)c(-c3cncc(C(C)(C)C)c3)cc2F)C1=O. The number of aromatic nitrogens is 2. The number of carbonyl (C=O) groups excluding carboxylic acids is 1. The van der Waals surface area contributed by atoms with Crippen LogP contribution in [0.15, 0.2) is 42.9 Å². The van der Waals surface area contributed by atoms with Gasteiger partial charge in [0.2, 0.25) is 0 Å². The summed E-state index contributed by atoms with van der Waals surface area (Å²) in [6, 6.07) is 5.42. The monoisotopic (exact) mass is 450 g/mol. The smallest absolute Gasteiger partial charge is 0.254 e. The molecular formula is C26H28F2N4O. The minimum atomic E-state index is -0.558. The predicted molar refractivity (Wildman–Crippen MR) is 125 cm³/mol. The summed E-state index contributed by atoms with van der Waals surface area (Å²) in [5, 5.41) is 3.17. The van der Waals surface area contributed by atoms with E-state index in [2.05, 4.69) is 15.3 Å². The van der Waals surface area contributed by atoms with Crippen molar-refractivity contribution in [1.29, 1.82) is 0 Å². The van der Waals surface area contributed by atoms with Crippen LogP contribution in [-0.4, -0.2) is 27.3 Å². The first-order valence-corrected chi connectivity index (χ1v) is 11.1. The number of halogens is 2. The van der Waals surface area contributed by atoms with Crippen molar-refractivity contribution in [3.05, 3.63) is 76.7 Å². The summed E-state index contributed by atoms with van der Waals surface area (Å²) in [6.07, 6.45) is 4.84. The molecule has 3 aromatic rings. The highest BCUT2D eigenvalue weighted by molar-refractivity contribution is 5.99. The van der Waals surface area contributed by atoms with Gasteiger partial charge in [0.1, 0.15) is 17.5 Å². The van der Waals surface area contributed by atoms with Crippen molar-refractivity contribution in [1.82, 2.24) is 14.9 Å². The van der Waals surface area contributed by atoms with Crippen molar-refractivity contribution in [3.63, 3.8) is 0 Å². The van der Waals surface area contributed by atoms with E-state index in [9.17, 15) is 4.79 Å². The molecule has 1 N–H and O–H groups in total. The summed E-state index contributed by atoms with van der Waals surface area (Å²) < 4.78 is 30.3. The predicted octanol–water partition coefficient (Wildman–Crippen LogP) is 5.87. The van der Waals surface area contributed by atoms with Crippen molar-refractivity contribution in [2.45, 2.75) is 52.6 Å². The molecule has 1 atom stereocenters. The molecule has 1 aromatic carbocycles. The lowest BCUT2D eigenvalue weighted by Gasteiger charge is -2.20. The van der Waals surface area contributed by atoms with Crippen molar-refractivity contribution >= 4 is 11.7 Å². The fourth-order valence-corrected chi connectivity index (χ4v) is 4.06. The first-order valence-electron chi connectivity index (χ1n) is 11.1. The summed E-state index contributed by atoms with van der Waals surface area (Å²) in [7, 11) is 0. The summed E-state index contributed by atoms with van der Waals surface area (Å²) in [4.78, 5) is 22.7. The van der Waals surface area contributed by atoms with Crippen molar-refractivity contribution in [3.8, 4) is 11.1 Å². The summed E-state index contributed by atoms with van der Waals surface area (Å²) in [5.74, 6) is -0.577. The minimum Gasteiger partial charge on any atom is -0.363 e. The molecule has 0 unspecified atom stereocenters. The molecule has 0 saturated heterocycles. The van der Waals surface area contributed by atoms with Gasteiger partial charge in [-0.05, 0) is 49.1 Å². The molecule has 0 radical (unpaired) electrons. The second-order valence-electron chi connectivity index (χ2n) is 9.44. The highest BCUT2D eigenvalue weighted by Crippen LogP contribution is 2.33. The zero-order valence-electron chi connectivity index (χ0n) is 19.5. The van der Waals surface area contributed by atoms with Gasteiger partial charge in [-0.1, -0.05) is 20.8 Å². The van der Waals surface area contributed by atoms with E-state index in [0.717, 1.165) is 11.1 Å². The Bertz CT molecular complexity index is 1220. The lowest BCUT2D eigenvalue weighted by Crippen LogP contribution is -2.22. The quantitative estimate of drug-likeness (QED) is 0.528. The molecule has 0 spiro atoms. The van der Waals surface area contributed by atoms with Gasteiger partial charge in [-0.3, -0.25) is 9.78 Å². The third-order valence-electron chi connectivity index (χ3n) is 6.13. The van der Waals surface area contributed by atoms with Gasteiger partial charge in [0.05, 0.1) is 12.6 Å². The van der Waals surface area contributed by atoms with Crippen LogP contribution in [0.2, 0.25) is 0 Å². The zero-order valence-corrected chi connectivity index (χ0v) is 19.5. The molecule has 2 aromatic heterocycles. The maximum absolute atomic E-state index is 15.1. The van der Waals surface area contributed by atoms with Gasteiger partial charge in [0.15, 0.2) is 0 Å². The number of pyridine rings is 2. The van der Waals surface area contributed by atoms with E-state index in [0.29, 0.717) is 30.0 Å². The maximum atomic E-state index is 15.1. The number of amides is 1. The van der Waals surface area contributed by atoms with Gasteiger partial charge >= 0.3 is 0 Å². The first-order chi connectivity index (χ1) is 15.6. The van der Waals surface area contributed by atoms with Gasteiger partial charge in [-0.15, -0.1) is 0 Å². The second kappa shape index (κ2) is 8.54. The molecule has 4 rings (SSSR count). The van der Waals surface area contributed by atoms with E-state index in [4.69, 9.17) is 0 Å². The van der Waals surface area contributed by atoms with Crippen LogP contribution < -0.4 is 5.32 Å². The minimum absolute atomic E-state index is 0.0433. The van der Waals surface area contributed by atoms with Crippen LogP contribution in [0.4, 0.5) is 14.6 Å². The average Bonchev–Trinajstić information content (AvgIpc) is 3.11. The lowest BCUT2D eigenvalue weighted by molar-refractivity contribution is 0.0787. The molecule has 0 aliphatic carbocycles. The van der Waals surface area contributed by atoms with Gasteiger partial charge < -0.3 is 10.2 Å². The van der Waals surface area contributed by atoms with E-state index < -0.39 is 17.7 Å². The van der Waals surface area contributed by atoms with Crippen molar-refractivity contribution in [2.24, 2.45) is 0 Å². The van der Waals surface area contributed by atoms with Gasteiger partial charge in [0.25, 0.3) is 5.91 Å². The number of nitrogens with one attached hydrogen (secondary N) is 1. The maximum Gasteiger partial charge on any atom is 0.254 e. The van der Waals surface area contributed by atoms with E-state index >= 15 is 8.78 Å². The third-order valence-corrected chi connectivity index (χ3v) is 6.13. The van der Waals surface area contributed by atoms with E-state index in [1.54, 1.807) is 36.5 Å². The molecule has 1 aliphatic rings. The Morgan fingerprint density at radius 3 is 2.58 bits per heavy atom. The van der Waals surface area contributed by atoms with Crippen LogP contribution in [0, 0.1) is 11.6 Å². The number of hydrogen-bond acceptors (Lipinski definition) is 4. The Labute approximate surface area is 192 Å². The van der Waals surface area contributed by atoms with Crippen LogP contribution >= 0.6 is 0 Å². The number of fused-ring (bicyclic) bond motifs is 1. The summed E-state index contributed by atoms with van der Waals surface area (Å²) in [5.41, 5.74) is 3.05. The van der Waals surface area contributed by atoms with Crippen LogP contribution in [0.5, 0.6) is 0 Å². The van der Waals surface area contributed by atoms with Crippen molar-refractivity contribution in [2.75, 3.05) is 11.9 Å². The Morgan fingerprint density at radius 1 is 1.12 bits per heavy atom. The highest BCUT2D eigenvalue weighted by atomic mass is 19.1. The molecular weight excluding hydrogens is 422 g/mol. The second-order valence-corrected chi connectivity index (χ2v) is 9.44. The fourth-order valence-electron chi connectivity index (χ4n) is 4.06. The number of nitrogens with zero attached hydrogens (tertiary/aromatic N) is 3. The van der Waals surface area contributed by atoms with Crippen molar-refractivity contribution < 1.29 is 13.6 Å². The highest BCUT2D eigenvalue weighted by Gasteiger charge is 2.29. The van der Waals surface area contributed by atoms with Crippen LogP contribution in [0.25, 0.3) is 11.1 Å². The van der Waals surface area contributed by atoms with Gasteiger partial charge in [0, 0.05) is 53.0 Å². The lowest BCUT2D eigenvalue weighted by atomic mass is 9.87. The molecule has 0 bridgehead atoms. The molecule has 0 saturated carbocycles. The standard InChI is InChI=1S/C26H28F2N4O/c1-6-32-14-21-18(25(32)33)7-8-30-24(21)31-15(2)19-10-23(28)20(11-22(19)27)16-9-17(13-29-12-16)26(3,4)5/h7-13,15H,6,14H2,1-5H3,(H,30,31)/t15-/m0/s1. The number of rotatable bonds is 5. The molecule has 5 nitrogen and oxygen atoms in total. The number of carbonyl (C=O) groups is 1. The third kappa shape index (κ3) is 4.32. The van der Waals surface area contributed by atoms with Crippen LogP contribution in [0.3, 0.4) is 0 Å². The fraction of sp³-hybridized carbons (Fsp3) is 0.346. The number of benzene rings is 1. The van der Waals surface area contributed by atoms with E-state index in [-0.39, 0.29) is 22.4 Å². The molecule has 3 heterocycles. The Hall–Kier alpha value is -3.35. The van der Waals surface area contributed by atoms with Crippen LogP contribution in [-0.2, 0) is 12.0 Å². The molecule has 33 heavy (non-hydrogen) atoms. The molecule has 172 valence electrons. The number of hydrogen-bond donors (Lipinski definition) is 1. The Morgan fingerprint density at radius 2 is 1.88 bits per heavy atom. The van der Waals surface area contributed by atoms with E-state index in [1.165, 1.54) is 12.1 Å². The summed E-state index contributed by atoms with van der Waals surface area (Å²) in [6.45, 7) is 10.8. The topological polar surface area (TPSA) is 58.1 Å². The molecule has 1 aliphatic heterocycles. The first kappa shape index (κ1) is 22.8. The Kier molecular flexibility index (Phi) is 5.91. The van der Waals surface area contributed by atoms with Gasteiger partial charge in [-0.25, -0.2) is 13.8 Å². The van der Waals surface area contributed by atoms with E-state index in [1.807, 2.05) is 33.8 Å². The normalized spacial score (nSPS) is 14.4. The number of anilines is 1. The molecule has 1 amide bonds. The summed E-state index contributed by atoms with van der Waals surface area (Å²) >= 11 is 0. The molecule has 0 fully saturated rings. The molecule has 7 heteroatoms. The Balaban J connectivity index is 1.64. The van der Waals surface area contributed by atoms with Crippen LogP contribution in [0.1, 0.15) is 67.7 Å². The largest absolute Gasteiger partial charge is 0.363 e.